The summed E-state index contributed by atoms with van der Waals surface area (Å²) in [7, 11) is 0. The van der Waals surface area contributed by atoms with Crippen molar-refractivity contribution in [3.8, 4) is 0 Å². The summed E-state index contributed by atoms with van der Waals surface area (Å²) in [6.07, 6.45) is -2.04. The Morgan fingerprint density at radius 2 is 1.91 bits per heavy atom. The number of nitrogens with two attached hydrogens (primary N) is 1. The lowest BCUT2D eigenvalue weighted by molar-refractivity contribution is -0.158. The van der Waals surface area contributed by atoms with Crippen LogP contribution in [0.1, 0.15) is 13.8 Å². The van der Waals surface area contributed by atoms with Gasteiger partial charge in [-0.1, -0.05) is 0 Å². The minimum atomic E-state index is -2.04. The number of esters is 1. The average Bonchev–Trinajstić information content (AvgIpc) is 1.84. The van der Waals surface area contributed by atoms with E-state index in [1.54, 1.807) is 0 Å². The van der Waals surface area contributed by atoms with Crippen LogP contribution in [-0.2, 0) is 14.3 Å². The lowest BCUT2D eigenvalue weighted by Gasteiger charge is -2.12. The van der Waals surface area contributed by atoms with Crippen molar-refractivity contribution < 1.29 is 18.7 Å². The van der Waals surface area contributed by atoms with E-state index in [0.29, 0.717) is 0 Å². The fourth-order valence-electron chi connectivity index (χ4n) is 0.416. The summed E-state index contributed by atoms with van der Waals surface area (Å²) in [5.41, 5.74) is 5.01. The second kappa shape index (κ2) is 4.02. The molecule has 64 valence electrons. The van der Waals surface area contributed by atoms with Crippen LogP contribution in [0.25, 0.3) is 0 Å². The van der Waals surface area contributed by atoms with E-state index < -0.39 is 24.2 Å². The first-order valence-electron chi connectivity index (χ1n) is 3.02. The van der Waals surface area contributed by atoms with Crippen LogP contribution < -0.4 is 5.73 Å². The minimum absolute atomic E-state index is 0.557. The van der Waals surface area contributed by atoms with Gasteiger partial charge >= 0.3 is 5.97 Å². The molecular weight excluding hydrogens is 153 g/mol. The van der Waals surface area contributed by atoms with Crippen molar-refractivity contribution in [2.45, 2.75) is 26.2 Å². The van der Waals surface area contributed by atoms with Crippen molar-refractivity contribution in [1.82, 2.24) is 0 Å². The highest BCUT2D eigenvalue weighted by atomic mass is 19.1. The third-order valence-electron chi connectivity index (χ3n) is 1.03. The molecule has 0 aromatic heterocycles. The Morgan fingerprint density at radius 3 is 2.18 bits per heavy atom. The number of carbonyl (C=O) groups is 2. The molecule has 0 radical (unpaired) electrons. The Kier molecular flexibility index (Phi) is 3.67. The molecule has 0 bridgehead atoms. The summed E-state index contributed by atoms with van der Waals surface area (Å²) in [6, 6.07) is -1.38. The highest BCUT2D eigenvalue weighted by Crippen LogP contribution is 2.00. The van der Waals surface area contributed by atoms with Gasteiger partial charge in [0.2, 0.25) is 0 Å². The molecule has 0 saturated carbocycles. The van der Waals surface area contributed by atoms with E-state index in [2.05, 4.69) is 4.74 Å². The van der Waals surface area contributed by atoms with Gasteiger partial charge in [0.1, 0.15) is 6.04 Å². The van der Waals surface area contributed by atoms with Crippen LogP contribution in [0.3, 0.4) is 0 Å². The first-order valence-corrected chi connectivity index (χ1v) is 3.02. The molecule has 0 fully saturated rings. The fourth-order valence-corrected chi connectivity index (χ4v) is 0.416. The van der Waals surface area contributed by atoms with Crippen LogP contribution in [0.15, 0.2) is 0 Å². The smallest absolute Gasteiger partial charge is 0.305 e. The van der Waals surface area contributed by atoms with E-state index >= 15 is 0 Å². The second-order valence-electron chi connectivity index (χ2n) is 2.10. The Bertz CT molecular complexity index is 171. The van der Waals surface area contributed by atoms with Gasteiger partial charge in [0.15, 0.2) is 5.78 Å². The van der Waals surface area contributed by atoms with E-state index in [0.717, 1.165) is 13.8 Å². The first kappa shape index (κ1) is 10.0. The van der Waals surface area contributed by atoms with Crippen LogP contribution >= 0.6 is 0 Å². The number of Topliss-reactive ketones (excluding diaryl/α,β-unsaturated/α-hetero) is 1. The van der Waals surface area contributed by atoms with Gasteiger partial charge in [-0.15, -0.1) is 0 Å². The number of halogens is 1. The number of rotatable bonds is 3. The van der Waals surface area contributed by atoms with Crippen molar-refractivity contribution in [1.29, 1.82) is 0 Å². The molecule has 0 heterocycles. The maximum absolute atomic E-state index is 12.5. The standard InChI is InChI=1S/C6H10FNO3/c1-3(9)5(8)6(7)11-4(2)10/h5-6H,8H2,1-2H3. The van der Waals surface area contributed by atoms with Crippen LogP contribution in [0.5, 0.6) is 0 Å². The molecule has 0 amide bonds. The molecule has 0 aromatic rings. The Labute approximate surface area is 63.5 Å². The van der Waals surface area contributed by atoms with E-state index in [1.165, 1.54) is 0 Å². The second-order valence-corrected chi connectivity index (χ2v) is 2.10. The topological polar surface area (TPSA) is 69.4 Å². The zero-order valence-electron chi connectivity index (χ0n) is 6.33. The van der Waals surface area contributed by atoms with Crippen molar-refractivity contribution >= 4 is 11.8 Å². The summed E-state index contributed by atoms with van der Waals surface area (Å²) in [4.78, 5) is 20.6. The number of alkyl halides is 1. The van der Waals surface area contributed by atoms with Crippen molar-refractivity contribution in [2.75, 3.05) is 0 Å². The molecule has 0 aliphatic carbocycles. The SMILES string of the molecule is CC(=O)OC(F)C(N)C(C)=O. The van der Waals surface area contributed by atoms with Gasteiger partial charge in [-0.05, 0) is 6.92 Å². The van der Waals surface area contributed by atoms with Gasteiger partial charge in [-0.3, -0.25) is 9.59 Å². The minimum Gasteiger partial charge on any atom is -0.429 e. The molecule has 0 aliphatic rings. The van der Waals surface area contributed by atoms with Gasteiger partial charge < -0.3 is 10.5 Å². The molecule has 0 saturated heterocycles. The summed E-state index contributed by atoms with van der Waals surface area (Å²) in [6.45, 7) is 2.17. The maximum atomic E-state index is 12.5. The molecule has 2 N–H and O–H groups in total. The van der Waals surface area contributed by atoms with E-state index in [4.69, 9.17) is 5.73 Å². The van der Waals surface area contributed by atoms with Gasteiger partial charge in [0.05, 0.1) is 0 Å². The zero-order valence-corrected chi connectivity index (χ0v) is 6.33. The Hall–Kier alpha value is -0.970. The summed E-state index contributed by atoms with van der Waals surface area (Å²) < 4.78 is 16.5. The Morgan fingerprint density at radius 1 is 1.45 bits per heavy atom. The van der Waals surface area contributed by atoms with Crippen LogP contribution in [-0.4, -0.2) is 24.2 Å². The van der Waals surface area contributed by atoms with Crippen LogP contribution in [0.4, 0.5) is 4.39 Å². The lowest BCUT2D eigenvalue weighted by atomic mass is 10.2. The number of hydrogen-bond acceptors (Lipinski definition) is 4. The predicted octanol–water partition coefficient (Wildman–Crippen LogP) is -0.239. The first-order chi connectivity index (χ1) is 4.95. The van der Waals surface area contributed by atoms with Crippen molar-refractivity contribution in [3.63, 3.8) is 0 Å². The number of ketones is 1. The molecule has 0 rings (SSSR count). The van der Waals surface area contributed by atoms with Gasteiger partial charge in [-0.2, -0.15) is 4.39 Å². The summed E-state index contributed by atoms with van der Waals surface area (Å²) in [5.74, 6) is -1.35. The largest absolute Gasteiger partial charge is 0.429 e. The highest BCUT2D eigenvalue weighted by Gasteiger charge is 2.23. The van der Waals surface area contributed by atoms with E-state index in [9.17, 15) is 14.0 Å². The number of carbonyl (C=O) groups excluding carboxylic acids is 2. The molecule has 2 unspecified atom stereocenters. The lowest BCUT2D eigenvalue weighted by Crippen LogP contribution is -2.40. The van der Waals surface area contributed by atoms with E-state index in [-0.39, 0.29) is 0 Å². The normalized spacial score (nSPS) is 15.3. The Balaban J connectivity index is 3.92. The van der Waals surface area contributed by atoms with E-state index in [1.807, 2.05) is 0 Å². The summed E-state index contributed by atoms with van der Waals surface area (Å²) >= 11 is 0. The van der Waals surface area contributed by atoms with Crippen LogP contribution in [0.2, 0.25) is 0 Å². The molecule has 4 nitrogen and oxygen atoms in total. The molecule has 0 spiro atoms. The molecule has 5 heteroatoms. The molecule has 0 aromatic carbocycles. The predicted molar refractivity (Wildman–Crippen MR) is 35.3 cm³/mol. The third-order valence-corrected chi connectivity index (χ3v) is 1.03. The molecular formula is C6H10FNO3. The highest BCUT2D eigenvalue weighted by molar-refractivity contribution is 5.82. The van der Waals surface area contributed by atoms with Crippen molar-refractivity contribution in [2.24, 2.45) is 5.73 Å². The van der Waals surface area contributed by atoms with Crippen LogP contribution in [0, 0.1) is 0 Å². The fraction of sp³-hybridized carbons (Fsp3) is 0.667. The maximum Gasteiger partial charge on any atom is 0.305 e. The monoisotopic (exact) mass is 163 g/mol. The zero-order chi connectivity index (χ0) is 9.02. The van der Waals surface area contributed by atoms with Gasteiger partial charge in [0, 0.05) is 6.92 Å². The molecule has 0 aliphatic heterocycles. The molecule has 11 heavy (non-hydrogen) atoms. The summed E-state index contributed by atoms with van der Waals surface area (Å²) in [5, 5.41) is 0. The van der Waals surface area contributed by atoms with Gasteiger partial charge in [0.25, 0.3) is 6.36 Å². The van der Waals surface area contributed by atoms with Gasteiger partial charge in [-0.25, -0.2) is 0 Å². The third kappa shape index (κ3) is 3.67. The average molecular weight is 163 g/mol. The number of hydrogen-bond donors (Lipinski definition) is 1. The van der Waals surface area contributed by atoms with Crippen molar-refractivity contribution in [3.05, 3.63) is 0 Å². The molecule has 2 atom stereocenters. The quantitative estimate of drug-likeness (QED) is 0.583. The number of ether oxygens (including phenoxy) is 1.